The first-order valence-corrected chi connectivity index (χ1v) is 13.4. The molecule has 1 N–H and O–H groups in total. The molecule has 1 heterocycles. The number of rotatable bonds is 6. The van der Waals surface area contributed by atoms with E-state index in [9.17, 15) is 19.2 Å². The molecular weight excluding hydrogens is 492 g/mol. The second-order valence-electron chi connectivity index (χ2n) is 11.0. The fraction of sp³-hybridized carbons (Fsp3) is 0.312. The molecule has 0 spiro atoms. The second-order valence-corrected chi connectivity index (χ2v) is 11.0. The number of ether oxygens (including phenoxy) is 1. The summed E-state index contributed by atoms with van der Waals surface area (Å²) in [5, 5.41) is 2.74. The lowest BCUT2D eigenvalue weighted by atomic mass is 9.73. The van der Waals surface area contributed by atoms with Gasteiger partial charge in [0.05, 0.1) is 23.1 Å². The van der Waals surface area contributed by atoms with Crippen LogP contribution in [-0.4, -0.2) is 30.3 Å². The van der Waals surface area contributed by atoms with E-state index in [0.29, 0.717) is 11.4 Å². The fourth-order valence-electron chi connectivity index (χ4n) is 7.03. The Hall–Kier alpha value is -4.26. The van der Waals surface area contributed by atoms with Crippen LogP contribution in [0.2, 0.25) is 0 Å². The Morgan fingerprint density at radius 3 is 2.33 bits per heavy atom. The number of hydrogen-bond acceptors (Lipinski definition) is 5. The monoisotopic (exact) mass is 522 g/mol. The van der Waals surface area contributed by atoms with Gasteiger partial charge in [0.25, 0.3) is 5.91 Å². The van der Waals surface area contributed by atoms with E-state index in [1.807, 2.05) is 50.2 Å². The van der Waals surface area contributed by atoms with Gasteiger partial charge in [0.15, 0.2) is 6.61 Å². The highest BCUT2D eigenvalue weighted by Crippen LogP contribution is 2.61. The largest absolute Gasteiger partial charge is 0.452 e. The number of anilines is 2. The van der Waals surface area contributed by atoms with Crippen LogP contribution in [0.3, 0.4) is 0 Å². The van der Waals surface area contributed by atoms with E-state index >= 15 is 0 Å². The average Bonchev–Trinajstić information content (AvgIpc) is 3.58. The number of imide groups is 1. The third kappa shape index (κ3) is 4.52. The molecular formula is C32H30N2O5. The Morgan fingerprint density at radius 2 is 1.59 bits per heavy atom. The van der Waals surface area contributed by atoms with Gasteiger partial charge < -0.3 is 10.1 Å². The topological polar surface area (TPSA) is 92.8 Å². The summed E-state index contributed by atoms with van der Waals surface area (Å²) in [6.07, 6.45) is 1.82. The molecule has 2 saturated carbocycles. The number of nitrogens with one attached hydrogen (secondary N) is 1. The summed E-state index contributed by atoms with van der Waals surface area (Å²) in [7, 11) is 0. The number of benzene rings is 3. The van der Waals surface area contributed by atoms with Crippen LogP contribution in [0.1, 0.15) is 45.8 Å². The number of aryl methyl sites for hydroxylation is 2. The molecule has 1 saturated heterocycles. The quantitative estimate of drug-likeness (QED) is 0.362. The first-order chi connectivity index (χ1) is 18.8. The molecule has 5 atom stereocenters. The van der Waals surface area contributed by atoms with Gasteiger partial charge in [-0.25, -0.2) is 4.79 Å². The van der Waals surface area contributed by atoms with Crippen LogP contribution in [0, 0.1) is 37.5 Å². The summed E-state index contributed by atoms with van der Waals surface area (Å²) < 4.78 is 5.24. The van der Waals surface area contributed by atoms with Gasteiger partial charge in [-0.05, 0) is 91.5 Å². The highest BCUT2D eigenvalue weighted by Gasteiger charge is 2.64. The molecule has 3 amide bonds. The molecule has 3 aromatic rings. The second kappa shape index (κ2) is 9.80. The number of amides is 3. The molecule has 7 nitrogen and oxygen atoms in total. The standard InChI is InChI=1S/C32H30N2O5/c1-18-11-19(2)13-23(12-18)33-27(35)17-39-32(38)21-9-6-10-24(14-21)34-30(36)28-22-15-25(20-7-4-3-5-8-20)26(16-22)29(28)31(34)37/h3-14,22,25-26,28-29H,15-17H2,1-2H3,(H,33,35)/t22-,25+,26+,28+,29-/m0/s1. The van der Waals surface area contributed by atoms with Gasteiger partial charge in [0, 0.05) is 5.69 Å². The molecule has 1 aliphatic heterocycles. The Morgan fingerprint density at radius 1 is 0.872 bits per heavy atom. The van der Waals surface area contributed by atoms with E-state index in [1.54, 1.807) is 18.2 Å². The van der Waals surface area contributed by atoms with Crippen molar-refractivity contribution < 1.29 is 23.9 Å². The molecule has 0 unspecified atom stereocenters. The van der Waals surface area contributed by atoms with Crippen molar-refractivity contribution in [1.82, 2.24) is 0 Å². The van der Waals surface area contributed by atoms with Gasteiger partial charge in [-0.15, -0.1) is 0 Å². The number of carbonyl (C=O) groups excluding carboxylic acids is 4. The summed E-state index contributed by atoms with van der Waals surface area (Å²) in [5.74, 6) is -1.52. The Balaban J connectivity index is 1.14. The lowest BCUT2D eigenvalue weighted by Crippen LogP contribution is -2.33. The van der Waals surface area contributed by atoms with Crippen LogP contribution < -0.4 is 10.2 Å². The van der Waals surface area contributed by atoms with Crippen LogP contribution in [0.25, 0.3) is 0 Å². The maximum atomic E-state index is 13.6. The van der Waals surface area contributed by atoms with E-state index in [-0.39, 0.29) is 47.0 Å². The van der Waals surface area contributed by atoms with Crippen molar-refractivity contribution in [1.29, 1.82) is 0 Å². The fourth-order valence-corrected chi connectivity index (χ4v) is 7.03. The molecule has 3 fully saturated rings. The molecule has 2 bridgehead atoms. The molecule has 0 aromatic heterocycles. The number of esters is 1. The maximum Gasteiger partial charge on any atom is 0.338 e. The predicted molar refractivity (Wildman–Crippen MR) is 146 cm³/mol. The molecule has 7 heteroatoms. The van der Waals surface area contributed by atoms with Gasteiger partial charge in [0.1, 0.15) is 0 Å². The molecule has 2 aliphatic carbocycles. The molecule has 198 valence electrons. The maximum absolute atomic E-state index is 13.6. The zero-order valence-electron chi connectivity index (χ0n) is 21.9. The summed E-state index contributed by atoms with van der Waals surface area (Å²) in [5.41, 5.74) is 4.43. The zero-order valence-corrected chi connectivity index (χ0v) is 21.9. The lowest BCUT2D eigenvalue weighted by molar-refractivity contribution is -0.123. The van der Waals surface area contributed by atoms with Crippen molar-refractivity contribution >= 4 is 35.1 Å². The zero-order chi connectivity index (χ0) is 27.3. The normalized spacial score (nSPS) is 25.1. The SMILES string of the molecule is Cc1cc(C)cc(NC(=O)COC(=O)c2cccc(N3C(=O)[C@@H]4[C@@H]5C[C@@H]([C@@H]4C3=O)[C@@H](c3ccccc3)C5)c2)c1. The molecule has 0 radical (unpaired) electrons. The van der Waals surface area contributed by atoms with Gasteiger partial charge in [-0.1, -0.05) is 42.5 Å². The lowest BCUT2D eigenvalue weighted by Gasteiger charge is -2.28. The first kappa shape index (κ1) is 25.0. The van der Waals surface area contributed by atoms with E-state index in [0.717, 1.165) is 24.0 Å². The number of hydrogen-bond donors (Lipinski definition) is 1. The van der Waals surface area contributed by atoms with E-state index in [4.69, 9.17) is 4.74 Å². The highest BCUT2D eigenvalue weighted by atomic mass is 16.5. The minimum Gasteiger partial charge on any atom is -0.452 e. The summed E-state index contributed by atoms with van der Waals surface area (Å²) in [6.45, 7) is 3.42. The Bertz CT molecular complexity index is 1460. The summed E-state index contributed by atoms with van der Waals surface area (Å²) >= 11 is 0. The van der Waals surface area contributed by atoms with Crippen LogP contribution in [0.15, 0.2) is 72.8 Å². The summed E-state index contributed by atoms with van der Waals surface area (Å²) in [4.78, 5) is 53.5. The Labute approximate surface area is 227 Å². The minimum atomic E-state index is -0.698. The predicted octanol–water partition coefficient (Wildman–Crippen LogP) is 5.03. The van der Waals surface area contributed by atoms with Crippen LogP contribution in [0.4, 0.5) is 11.4 Å². The van der Waals surface area contributed by atoms with Crippen LogP contribution in [0.5, 0.6) is 0 Å². The van der Waals surface area contributed by atoms with E-state index in [1.165, 1.54) is 16.5 Å². The first-order valence-electron chi connectivity index (χ1n) is 13.4. The number of fused-ring (bicyclic) bond motifs is 5. The van der Waals surface area contributed by atoms with Crippen molar-refractivity contribution in [2.45, 2.75) is 32.6 Å². The molecule has 3 aromatic carbocycles. The molecule has 39 heavy (non-hydrogen) atoms. The van der Waals surface area contributed by atoms with Crippen LogP contribution in [-0.2, 0) is 19.1 Å². The van der Waals surface area contributed by atoms with E-state index < -0.39 is 18.5 Å². The van der Waals surface area contributed by atoms with Crippen molar-refractivity contribution in [2.75, 3.05) is 16.8 Å². The van der Waals surface area contributed by atoms with Crippen molar-refractivity contribution in [3.8, 4) is 0 Å². The smallest absolute Gasteiger partial charge is 0.338 e. The number of nitrogens with zero attached hydrogens (tertiary/aromatic N) is 1. The van der Waals surface area contributed by atoms with Gasteiger partial charge >= 0.3 is 5.97 Å². The third-order valence-corrected chi connectivity index (χ3v) is 8.42. The van der Waals surface area contributed by atoms with Gasteiger partial charge in [-0.3, -0.25) is 19.3 Å². The van der Waals surface area contributed by atoms with Crippen LogP contribution >= 0.6 is 0 Å². The Kier molecular flexibility index (Phi) is 6.29. The van der Waals surface area contributed by atoms with Crippen molar-refractivity contribution in [2.24, 2.45) is 23.7 Å². The third-order valence-electron chi connectivity index (χ3n) is 8.42. The summed E-state index contributed by atoms with van der Waals surface area (Å²) in [6, 6.07) is 22.2. The molecule has 6 rings (SSSR count). The van der Waals surface area contributed by atoms with Gasteiger partial charge in [0.2, 0.25) is 11.8 Å². The van der Waals surface area contributed by atoms with Crippen molar-refractivity contribution in [3.05, 3.63) is 95.1 Å². The average molecular weight is 523 g/mol. The van der Waals surface area contributed by atoms with Gasteiger partial charge in [-0.2, -0.15) is 0 Å². The number of carbonyl (C=O) groups is 4. The van der Waals surface area contributed by atoms with E-state index in [2.05, 4.69) is 17.4 Å². The molecule has 3 aliphatic rings. The minimum absolute atomic E-state index is 0.146. The highest BCUT2D eigenvalue weighted by molar-refractivity contribution is 6.23. The van der Waals surface area contributed by atoms with Crippen molar-refractivity contribution in [3.63, 3.8) is 0 Å².